The van der Waals surface area contributed by atoms with E-state index >= 15 is 0 Å². The van der Waals surface area contributed by atoms with E-state index in [0.717, 1.165) is 6.07 Å². The fourth-order valence-electron chi connectivity index (χ4n) is 1.81. The van der Waals surface area contributed by atoms with Gasteiger partial charge in [0.15, 0.2) is 0 Å². The zero-order valence-corrected chi connectivity index (χ0v) is 12.8. The van der Waals surface area contributed by atoms with Crippen LogP contribution in [-0.2, 0) is 21.9 Å². The van der Waals surface area contributed by atoms with Gasteiger partial charge >= 0.3 is 5.97 Å². The Hall–Kier alpha value is -1.87. The van der Waals surface area contributed by atoms with Crippen LogP contribution in [0.3, 0.4) is 0 Å². The highest BCUT2D eigenvalue weighted by Crippen LogP contribution is 2.13. The standard InChI is InChI=1S/C12H19N3O5S/c1-4-7(2)10(12(17)18)14-11(16)9-5-8(6-15(9)3)21(13,19)20/h5-7,10H,4H2,1-3H3,(H,14,16)(H,17,18)(H2,13,19,20). The number of hydrogen-bond donors (Lipinski definition) is 3. The van der Waals surface area contributed by atoms with Gasteiger partial charge < -0.3 is 15.0 Å². The highest BCUT2D eigenvalue weighted by atomic mass is 32.2. The molecule has 0 saturated heterocycles. The summed E-state index contributed by atoms with van der Waals surface area (Å²) >= 11 is 0. The Morgan fingerprint density at radius 1 is 1.48 bits per heavy atom. The lowest BCUT2D eigenvalue weighted by Crippen LogP contribution is -2.45. The minimum absolute atomic E-state index is 0.0218. The maximum atomic E-state index is 12.1. The molecule has 0 spiro atoms. The lowest BCUT2D eigenvalue weighted by atomic mass is 9.99. The van der Waals surface area contributed by atoms with Gasteiger partial charge in [0.05, 0.1) is 0 Å². The fourth-order valence-corrected chi connectivity index (χ4v) is 2.39. The molecule has 9 heteroatoms. The van der Waals surface area contributed by atoms with Crippen LogP contribution < -0.4 is 10.5 Å². The van der Waals surface area contributed by atoms with Crippen LogP contribution in [-0.4, -0.2) is 36.0 Å². The molecule has 0 fully saturated rings. The van der Waals surface area contributed by atoms with Crippen LogP contribution in [0.25, 0.3) is 0 Å². The molecule has 1 amide bonds. The molecule has 0 bridgehead atoms. The molecule has 1 heterocycles. The molecule has 0 radical (unpaired) electrons. The number of aliphatic carboxylic acids is 1. The van der Waals surface area contributed by atoms with Crippen LogP contribution in [0.15, 0.2) is 17.2 Å². The molecule has 0 aromatic carbocycles. The summed E-state index contributed by atoms with van der Waals surface area (Å²) in [6.45, 7) is 3.52. The van der Waals surface area contributed by atoms with Gasteiger partial charge in [0, 0.05) is 13.2 Å². The lowest BCUT2D eigenvalue weighted by molar-refractivity contribution is -0.140. The number of rotatable bonds is 6. The highest BCUT2D eigenvalue weighted by molar-refractivity contribution is 7.89. The van der Waals surface area contributed by atoms with Gasteiger partial charge in [-0.05, 0) is 12.0 Å². The van der Waals surface area contributed by atoms with Crippen LogP contribution in [0.1, 0.15) is 30.8 Å². The van der Waals surface area contributed by atoms with Gasteiger partial charge in [-0.1, -0.05) is 20.3 Å². The number of nitrogens with zero attached hydrogens (tertiary/aromatic N) is 1. The second-order valence-corrected chi connectivity index (χ2v) is 6.45. The molecular weight excluding hydrogens is 298 g/mol. The van der Waals surface area contributed by atoms with Crippen molar-refractivity contribution in [2.75, 3.05) is 0 Å². The van der Waals surface area contributed by atoms with Gasteiger partial charge in [0.1, 0.15) is 16.6 Å². The first-order chi connectivity index (χ1) is 9.57. The van der Waals surface area contributed by atoms with Crippen molar-refractivity contribution >= 4 is 21.9 Å². The van der Waals surface area contributed by atoms with Crippen molar-refractivity contribution in [2.24, 2.45) is 18.1 Å². The number of nitrogens with two attached hydrogens (primary N) is 1. The van der Waals surface area contributed by atoms with Crippen molar-refractivity contribution in [3.05, 3.63) is 18.0 Å². The molecule has 1 aromatic rings. The average molecular weight is 317 g/mol. The zero-order valence-electron chi connectivity index (χ0n) is 12.0. The number of carboxylic acid groups (broad SMARTS) is 1. The van der Waals surface area contributed by atoms with Crippen LogP contribution in [0.5, 0.6) is 0 Å². The molecule has 0 saturated carbocycles. The summed E-state index contributed by atoms with van der Waals surface area (Å²) in [6.07, 6.45) is 1.77. The molecule has 2 unspecified atom stereocenters. The van der Waals surface area contributed by atoms with E-state index in [4.69, 9.17) is 10.2 Å². The summed E-state index contributed by atoms with van der Waals surface area (Å²) in [7, 11) is -2.45. The lowest BCUT2D eigenvalue weighted by Gasteiger charge is -2.20. The molecule has 0 aliphatic carbocycles. The summed E-state index contributed by atoms with van der Waals surface area (Å²) in [5.74, 6) is -2.07. The van der Waals surface area contributed by atoms with Gasteiger partial charge in [-0.2, -0.15) is 0 Å². The van der Waals surface area contributed by atoms with E-state index in [1.165, 1.54) is 17.8 Å². The number of carbonyl (C=O) groups is 2. The Balaban J connectivity index is 3.04. The first-order valence-corrected chi connectivity index (χ1v) is 7.85. The van der Waals surface area contributed by atoms with E-state index in [1.807, 2.05) is 6.92 Å². The number of amides is 1. The SMILES string of the molecule is CCC(C)C(NC(=O)c1cc(S(N)(=O)=O)cn1C)C(=O)O. The van der Waals surface area contributed by atoms with Crippen molar-refractivity contribution in [1.82, 2.24) is 9.88 Å². The number of primary sulfonamides is 1. The molecule has 8 nitrogen and oxygen atoms in total. The number of aromatic nitrogens is 1. The molecule has 0 aliphatic heterocycles. The van der Waals surface area contributed by atoms with Gasteiger partial charge in [-0.3, -0.25) is 4.79 Å². The molecule has 0 aliphatic rings. The van der Waals surface area contributed by atoms with Crippen LogP contribution in [0, 0.1) is 5.92 Å². The number of nitrogens with one attached hydrogen (secondary N) is 1. The van der Waals surface area contributed by atoms with Crippen LogP contribution in [0.2, 0.25) is 0 Å². The third-order valence-corrected chi connectivity index (χ3v) is 4.19. The maximum absolute atomic E-state index is 12.1. The Labute approximate surface area is 123 Å². The van der Waals surface area contributed by atoms with E-state index in [2.05, 4.69) is 5.32 Å². The Morgan fingerprint density at radius 2 is 2.05 bits per heavy atom. The molecule has 118 valence electrons. The van der Waals surface area contributed by atoms with Crippen LogP contribution in [0.4, 0.5) is 0 Å². The molecule has 4 N–H and O–H groups in total. The topological polar surface area (TPSA) is 131 Å². The quantitative estimate of drug-likeness (QED) is 0.674. The molecule has 1 aromatic heterocycles. The van der Waals surface area contributed by atoms with Crippen molar-refractivity contribution in [1.29, 1.82) is 0 Å². The number of carboxylic acids is 1. The predicted molar refractivity (Wildman–Crippen MR) is 75.1 cm³/mol. The number of hydrogen-bond acceptors (Lipinski definition) is 4. The normalized spacial score (nSPS) is 14.5. The number of carbonyl (C=O) groups excluding carboxylic acids is 1. The van der Waals surface area contributed by atoms with Gasteiger partial charge in [0.2, 0.25) is 10.0 Å². The zero-order chi connectivity index (χ0) is 16.4. The van der Waals surface area contributed by atoms with Gasteiger partial charge in [-0.25, -0.2) is 18.4 Å². The Morgan fingerprint density at radius 3 is 2.43 bits per heavy atom. The smallest absolute Gasteiger partial charge is 0.326 e. The van der Waals surface area contributed by atoms with Gasteiger partial charge in [0.25, 0.3) is 5.91 Å². The van der Waals surface area contributed by atoms with E-state index in [9.17, 15) is 18.0 Å². The minimum atomic E-state index is -3.92. The maximum Gasteiger partial charge on any atom is 0.326 e. The molecule has 2 atom stereocenters. The van der Waals surface area contributed by atoms with Crippen molar-refractivity contribution in [3.8, 4) is 0 Å². The molecular formula is C12H19N3O5S. The summed E-state index contributed by atoms with van der Waals surface area (Å²) in [5.41, 5.74) is 0.0218. The van der Waals surface area contributed by atoms with Crippen molar-refractivity contribution in [2.45, 2.75) is 31.2 Å². The summed E-state index contributed by atoms with van der Waals surface area (Å²) in [6, 6.07) is 0.0653. The van der Waals surface area contributed by atoms with Crippen LogP contribution >= 0.6 is 0 Å². The second kappa shape index (κ2) is 6.27. The van der Waals surface area contributed by atoms with E-state index in [0.29, 0.717) is 6.42 Å². The Kier molecular flexibility index (Phi) is 5.13. The first kappa shape index (κ1) is 17.2. The molecule has 21 heavy (non-hydrogen) atoms. The monoisotopic (exact) mass is 317 g/mol. The average Bonchev–Trinajstić information content (AvgIpc) is 2.76. The predicted octanol–water partition coefficient (Wildman–Crippen LogP) is -0.0984. The summed E-state index contributed by atoms with van der Waals surface area (Å²) in [5, 5.41) is 16.5. The fraction of sp³-hybridized carbons (Fsp3) is 0.500. The second-order valence-electron chi connectivity index (χ2n) is 4.89. The van der Waals surface area contributed by atoms with E-state index in [1.54, 1.807) is 6.92 Å². The van der Waals surface area contributed by atoms with E-state index < -0.39 is 27.9 Å². The first-order valence-electron chi connectivity index (χ1n) is 6.30. The minimum Gasteiger partial charge on any atom is -0.480 e. The third-order valence-electron chi connectivity index (χ3n) is 3.31. The summed E-state index contributed by atoms with van der Waals surface area (Å²) < 4.78 is 23.8. The highest BCUT2D eigenvalue weighted by Gasteiger charge is 2.27. The number of aryl methyl sites for hydroxylation is 1. The summed E-state index contributed by atoms with van der Waals surface area (Å²) in [4.78, 5) is 23.1. The van der Waals surface area contributed by atoms with E-state index in [-0.39, 0.29) is 16.5 Å². The largest absolute Gasteiger partial charge is 0.480 e. The molecule has 1 rings (SSSR count). The van der Waals surface area contributed by atoms with Crippen molar-refractivity contribution < 1.29 is 23.1 Å². The third kappa shape index (κ3) is 4.05. The number of sulfonamides is 1. The van der Waals surface area contributed by atoms with Crippen molar-refractivity contribution in [3.63, 3.8) is 0 Å². The van der Waals surface area contributed by atoms with Gasteiger partial charge in [-0.15, -0.1) is 0 Å². The Bertz CT molecular complexity index is 650.